The summed E-state index contributed by atoms with van der Waals surface area (Å²) in [5.41, 5.74) is 5.46. The first-order valence-electron chi connectivity index (χ1n) is 4.54. The summed E-state index contributed by atoms with van der Waals surface area (Å²) < 4.78 is 0. The van der Waals surface area contributed by atoms with Crippen LogP contribution in [-0.2, 0) is 0 Å². The molecule has 2 aliphatic carbocycles. The van der Waals surface area contributed by atoms with Crippen molar-refractivity contribution < 1.29 is 0 Å². The van der Waals surface area contributed by atoms with E-state index >= 15 is 0 Å². The first-order valence-corrected chi connectivity index (χ1v) is 4.54. The third kappa shape index (κ3) is 1.73. The zero-order valence-electron chi connectivity index (χ0n) is 7.09. The number of hydrogen-bond donors (Lipinski definition) is 1. The van der Waals surface area contributed by atoms with Crippen molar-refractivity contribution in [1.29, 1.82) is 0 Å². The van der Waals surface area contributed by atoms with Crippen molar-refractivity contribution in [2.24, 2.45) is 28.5 Å². The molecule has 2 heteroatoms. The van der Waals surface area contributed by atoms with Crippen LogP contribution in [0.4, 0.5) is 0 Å². The molecular formula is C9H16N2. The Morgan fingerprint density at radius 3 is 2.82 bits per heavy atom. The van der Waals surface area contributed by atoms with Crippen LogP contribution in [0.25, 0.3) is 0 Å². The molecule has 0 aliphatic heterocycles. The maximum absolute atomic E-state index is 5.46. The van der Waals surface area contributed by atoms with Gasteiger partial charge in [0.15, 0.2) is 0 Å². The van der Waals surface area contributed by atoms with Crippen LogP contribution in [0.3, 0.4) is 0 Å². The molecule has 2 N–H and O–H groups in total. The van der Waals surface area contributed by atoms with Crippen LogP contribution in [0, 0.1) is 17.8 Å². The predicted molar refractivity (Wildman–Crippen MR) is 46.5 cm³/mol. The van der Waals surface area contributed by atoms with Crippen LogP contribution in [-0.4, -0.2) is 12.4 Å². The molecule has 2 nitrogen and oxygen atoms in total. The molecule has 0 saturated heterocycles. The van der Waals surface area contributed by atoms with Crippen LogP contribution in [0.5, 0.6) is 0 Å². The quantitative estimate of drug-likeness (QED) is 0.482. The molecule has 2 fully saturated rings. The maximum atomic E-state index is 5.46. The molecule has 2 rings (SSSR count). The molecule has 11 heavy (non-hydrogen) atoms. The van der Waals surface area contributed by atoms with E-state index in [1.807, 2.05) is 6.92 Å². The minimum Gasteiger partial charge on any atom is -0.388 e. The number of aliphatic imine (C=N–C) groups is 1. The molecule has 0 heterocycles. The Balaban J connectivity index is 1.70. The monoisotopic (exact) mass is 152 g/mol. The van der Waals surface area contributed by atoms with Gasteiger partial charge < -0.3 is 5.73 Å². The number of rotatable bonds is 3. The summed E-state index contributed by atoms with van der Waals surface area (Å²) in [6.45, 7) is 2.86. The van der Waals surface area contributed by atoms with Crippen molar-refractivity contribution in [2.75, 3.05) is 6.54 Å². The zero-order chi connectivity index (χ0) is 7.84. The van der Waals surface area contributed by atoms with E-state index in [1.54, 1.807) is 0 Å². The highest BCUT2D eigenvalue weighted by molar-refractivity contribution is 5.77. The second-order valence-electron chi connectivity index (χ2n) is 3.98. The fourth-order valence-electron chi connectivity index (χ4n) is 1.84. The van der Waals surface area contributed by atoms with Crippen molar-refractivity contribution in [3.63, 3.8) is 0 Å². The van der Waals surface area contributed by atoms with Crippen molar-refractivity contribution in [1.82, 2.24) is 0 Å². The van der Waals surface area contributed by atoms with E-state index in [0.29, 0.717) is 0 Å². The molecule has 2 saturated carbocycles. The van der Waals surface area contributed by atoms with Crippen molar-refractivity contribution in [3.8, 4) is 0 Å². The average molecular weight is 152 g/mol. The average Bonchev–Trinajstić information content (AvgIpc) is 2.79. The van der Waals surface area contributed by atoms with Crippen molar-refractivity contribution >= 4 is 5.84 Å². The highest BCUT2D eigenvalue weighted by atomic mass is 14.9. The van der Waals surface area contributed by atoms with Gasteiger partial charge in [-0.15, -0.1) is 0 Å². The number of nitrogens with two attached hydrogens (primary N) is 1. The first-order chi connectivity index (χ1) is 5.27. The Morgan fingerprint density at radius 2 is 2.27 bits per heavy atom. The Bertz CT molecular complexity index is 178. The van der Waals surface area contributed by atoms with Gasteiger partial charge in [0.2, 0.25) is 0 Å². The first kappa shape index (κ1) is 7.14. The largest absolute Gasteiger partial charge is 0.388 e. The molecule has 2 unspecified atom stereocenters. The van der Waals surface area contributed by atoms with Gasteiger partial charge in [-0.2, -0.15) is 0 Å². The van der Waals surface area contributed by atoms with E-state index < -0.39 is 0 Å². The number of amidine groups is 1. The molecule has 0 amide bonds. The number of nitrogens with zero attached hydrogens (tertiary/aromatic N) is 1. The molecule has 0 aromatic heterocycles. The van der Waals surface area contributed by atoms with E-state index in [0.717, 1.165) is 30.1 Å². The SMILES string of the molecule is CC(N)=NCC1CC1C1CC1. The third-order valence-electron chi connectivity index (χ3n) is 2.78. The van der Waals surface area contributed by atoms with Crippen LogP contribution >= 0.6 is 0 Å². The minimum atomic E-state index is 0.742. The summed E-state index contributed by atoms with van der Waals surface area (Å²) in [5.74, 6) is 3.74. The second kappa shape index (κ2) is 2.50. The van der Waals surface area contributed by atoms with Gasteiger partial charge in [0.05, 0.1) is 5.84 Å². The topological polar surface area (TPSA) is 38.4 Å². The van der Waals surface area contributed by atoms with Crippen LogP contribution in [0.2, 0.25) is 0 Å². The zero-order valence-corrected chi connectivity index (χ0v) is 7.09. The second-order valence-corrected chi connectivity index (χ2v) is 3.98. The fourth-order valence-corrected chi connectivity index (χ4v) is 1.84. The van der Waals surface area contributed by atoms with Crippen LogP contribution < -0.4 is 5.73 Å². The molecule has 0 bridgehead atoms. The lowest BCUT2D eigenvalue weighted by molar-refractivity contribution is 0.634. The van der Waals surface area contributed by atoms with E-state index in [2.05, 4.69) is 4.99 Å². The standard InChI is InChI=1S/C9H16N2/c1-6(10)11-5-8-4-9(8)7-2-3-7/h7-9H,2-5H2,1H3,(H2,10,11). The van der Waals surface area contributed by atoms with Gasteiger partial charge in [-0.3, -0.25) is 4.99 Å². The summed E-state index contributed by atoms with van der Waals surface area (Å²) in [6, 6.07) is 0. The van der Waals surface area contributed by atoms with E-state index in [1.165, 1.54) is 19.3 Å². The Morgan fingerprint density at radius 1 is 1.55 bits per heavy atom. The lowest BCUT2D eigenvalue weighted by atomic mass is 10.2. The van der Waals surface area contributed by atoms with Gasteiger partial charge in [-0.05, 0) is 43.9 Å². The summed E-state index contributed by atoms with van der Waals surface area (Å²) in [5, 5.41) is 0. The lowest BCUT2D eigenvalue weighted by Crippen LogP contribution is -2.06. The fraction of sp³-hybridized carbons (Fsp3) is 0.889. The van der Waals surface area contributed by atoms with E-state index in [4.69, 9.17) is 5.73 Å². The Labute approximate surface area is 67.9 Å². The summed E-state index contributed by atoms with van der Waals surface area (Å²) in [6.07, 6.45) is 4.38. The van der Waals surface area contributed by atoms with Gasteiger partial charge >= 0.3 is 0 Å². The Kier molecular flexibility index (Phi) is 1.63. The lowest BCUT2D eigenvalue weighted by Gasteiger charge is -1.93. The highest BCUT2D eigenvalue weighted by Crippen LogP contribution is 2.54. The minimum absolute atomic E-state index is 0.742. The normalized spacial score (nSPS) is 37.4. The highest BCUT2D eigenvalue weighted by Gasteiger charge is 2.46. The smallest absolute Gasteiger partial charge is 0.0905 e. The molecule has 2 atom stereocenters. The van der Waals surface area contributed by atoms with Gasteiger partial charge in [0.1, 0.15) is 0 Å². The van der Waals surface area contributed by atoms with E-state index in [9.17, 15) is 0 Å². The molecule has 0 radical (unpaired) electrons. The van der Waals surface area contributed by atoms with Gasteiger partial charge in [-0.1, -0.05) is 0 Å². The molecule has 2 aliphatic rings. The van der Waals surface area contributed by atoms with Crippen molar-refractivity contribution in [3.05, 3.63) is 0 Å². The van der Waals surface area contributed by atoms with Gasteiger partial charge in [0, 0.05) is 6.54 Å². The predicted octanol–water partition coefficient (Wildman–Crippen LogP) is 1.41. The molecule has 0 aromatic carbocycles. The summed E-state index contributed by atoms with van der Waals surface area (Å²) in [7, 11) is 0. The van der Waals surface area contributed by atoms with E-state index in [-0.39, 0.29) is 0 Å². The van der Waals surface area contributed by atoms with Crippen molar-refractivity contribution in [2.45, 2.75) is 26.2 Å². The molecule has 62 valence electrons. The van der Waals surface area contributed by atoms with Crippen LogP contribution in [0.15, 0.2) is 4.99 Å². The molecule has 0 spiro atoms. The van der Waals surface area contributed by atoms with Gasteiger partial charge in [0.25, 0.3) is 0 Å². The Hall–Kier alpha value is -0.530. The van der Waals surface area contributed by atoms with Gasteiger partial charge in [-0.25, -0.2) is 0 Å². The molecule has 0 aromatic rings. The summed E-state index contributed by atoms with van der Waals surface area (Å²) in [4.78, 5) is 4.24. The van der Waals surface area contributed by atoms with Crippen LogP contribution in [0.1, 0.15) is 26.2 Å². The third-order valence-corrected chi connectivity index (χ3v) is 2.78. The molecular weight excluding hydrogens is 136 g/mol. The summed E-state index contributed by atoms with van der Waals surface area (Å²) >= 11 is 0. The number of hydrogen-bond acceptors (Lipinski definition) is 1. The maximum Gasteiger partial charge on any atom is 0.0905 e.